The lowest BCUT2D eigenvalue weighted by Crippen LogP contribution is -2.48. The zero-order chi connectivity index (χ0) is 18.3. The molecule has 3 aromatic rings. The number of hydrogen-bond donors (Lipinski definition) is 2. The van der Waals surface area contributed by atoms with E-state index in [9.17, 15) is 4.79 Å². The molecule has 4 rings (SSSR count). The van der Waals surface area contributed by atoms with Crippen LogP contribution in [0.4, 0.5) is 0 Å². The topological polar surface area (TPSA) is 73.9 Å². The van der Waals surface area contributed by atoms with Crippen LogP contribution in [0.1, 0.15) is 33.4 Å². The average Bonchev–Trinajstić information content (AvgIpc) is 3.01. The Morgan fingerprint density at radius 1 is 1.31 bits per heavy atom. The van der Waals surface area contributed by atoms with Gasteiger partial charge in [-0.1, -0.05) is 29.8 Å². The number of aromatic nitrogens is 3. The first-order chi connectivity index (χ1) is 12.6. The van der Waals surface area contributed by atoms with Crippen LogP contribution in [0.5, 0.6) is 0 Å². The summed E-state index contributed by atoms with van der Waals surface area (Å²) in [6, 6.07) is 9.44. The number of hydrogen-bond acceptors (Lipinski definition) is 4. The number of aryl methyl sites for hydroxylation is 2. The van der Waals surface area contributed by atoms with E-state index in [4.69, 9.17) is 11.6 Å². The second-order valence-electron chi connectivity index (χ2n) is 6.60. The Morgan fingerprint density at radius 3 is 2.92 bits per heavy atom. The lowest BCUT2D eigenvalue weighted by molar-refractivity contribution is 0.0636. The van der Waals surface area contributed by atoms with Crippen LogP contribution in [-0.2, 0) is 0 Å². The number of amides is 1. The molecule has 7 heteroatoms. The third-order valence-corrected chi connectivity index (χ3v) is 5.18. The van der Waals surface area contributed by atoms with Gasteiger partial charge in [0.25, 0.3) is 5.91 Å². The molecule has 26 heavy (non-hydrogen) atoms. The average molecular weight is 370 g/mol. The molecule has 1 aromatic carbocycles. The SMILES string of the molecule is Cc1cc(C(=O)N2CCNCC2c2ccccc2Cl)c2c(C)[nH]nc2n1. The predicted octanol–water partition coefficient (Wildman–Crippen LogP) is 3.01. The minimum Gasteiger partial charge on any atom is -0.329 e. The molecule has 6 nitrogen and oxygen atoms in total. The number of carbonyl (C=O) groups is 1. The van der Waals surface area contributed by atoms with Gasteiger partial charge in [0.05, 0.1) is 17.0 Å². The molecular weight excluding hydrogens is 350 g/mol. The summed E-state index contributed by atoms with van der Waals surface area (Å²) >= 11 is 6.41. The van der Waals surface area contributed by atoms with Crippen LogP contribution < -0.4 is 5.32 Å². The smallest absolute Gasteiger partial charge is 0.255 e. The Bertz CT molecular complexity index is 983. The molecule has 3 heterocycles. The maximum absolute atomic E-state index is 13.5. The minimum absolute atomic E-state index is 0.0172. The van der Waals surface area contributed by atoms with Crippen LogP contribution >= 0.6 is 11.6 Å². The number of benzene rings is 1. The van der Waals surface area contributed by atoms with Gasteiger partial charge in [0.15, 0.2) is 5.65 Å². The van der Waals surface area contributed by atoms with Crippen molar-refractivity contribution in [3.05, 3.63) is 57.9 Å². The predicted molar refractivity (Wildman–Crippen MR) is 101 cm³/mol. The molecule has 1 aliphatic rings. The number of rotatable bonds is 2. The fourth-order valence-corrected chi connectivity index (χ4v) is 3.86. The van der Waals surface area contributed by atoms with Crippen molar-refractivity contribution in [1.29, 1.82) is 0 Å². The summed E-state index contributed by atoms with van der Waals surface area (Å²) in [6.45, 7) is 5.84. The Hall–Kier alpha value is -2.44. The molecule has 0 saturated carbocycles. The highest BCUT2D eigenvalue weighted by Crippen LogP contribution is 2.31. The van der Waals surface area contributed by atoms with Crippen molar-refractivity contribution in [2.75, 3.05) is 19.6 Å². The summed E-state index contributed by atoms with van der Waals surface area (Å²) in [5.41, 5.74) is 3.80. The largest absolute Gasteiger partial charge is 0.329 e. The summed E-state index contributed by atoms with van der Waals surface area (Å²) in [4.78, 5) is 19.8. The van der Waals surface area contributed by atoms with Crippen molar-refractivity contribution in [3.63, 3.8) is 0 Å². The van der Waals surface area contributed by atoms with E-state index in [1.165, 1.54) is 0 Å². The van der Waals surface area contributed by atoms with Crippen LogP contribution in [0, 0.1) is 13.8 Å². The standard InChI is InChI=1S/C19H20ClN5O/c1-11-9-14(17-12(2)23-24-18(17)22-11)19(26)25-8-7-21-10-16(25)13-5-3-4-6-15(13)20/h3-6,9,16,21H,7-8,10H2,1-2H3,(H,22,23,24). The van der Waals surface area contributed by atoms with Gasteiger partial charge in [-0.25, -0.2) is 4.98 Å². The van der Waals surface area contributed by atoms with Crippen molar-refractivity contribution >= 4 is 28.5 Å². The first-order valence-electron chi connectivity index (χ1n) is 8.64. The molecule has 0 spiro atoms. The van der Waals surface area contributed by atoms with Gasteiger partial charge >= 0.3 is 0 Å². The van der Waals surface area contributed by atoms with Crippen LogP contribution in [0.3, 0.4) is 0 Å². The third-order valence-electron chi connectivity index (χ3n) is 4.83. The van der Waals surface area contributed by atoms with E-state index < -0.39 is 0 Å². The number of H-pyrrole nitrogens is 1. The summed E-state index contributed by atoms with van der Waals surface area (Å²) < 4.78 is 0. The van der Waals surface area contributed by atoms with E-state index in [1.807, 2.05) is 49.1 Å². The van der Waals surface area contributed by atoms with Crippen molar-refractivity contribution in [2.45, 2.75) is 19.9 Å². The monoisotopic (exact) mass is 369 g/mol. The molecule has 1 unspecified atom stereocenters. The van der Waals surface area contributed by atoms with Crippen molar-refractivity contribution in [2.24, 2.45) is 0 Å². The normalized spacial score (nSPS) is 17.7. The van der Waals surface area contributed by atoms with Gasteiger partial charge in [0.2, 0.25) is 0 Å². The molecule has 0 bridgehead atoms. The molecule has 2 aromatic heterocycles. The van der Waals surface area contributed by atoms with Crippen LogP contribution in [0.25, 0.3) is 11.0 Å². The van der Waals surface area contributed by atoms with Crippen LogP contribution in [0.15, 0.2) is 30.3 Å². The second kappa shape index (κ2) is 6.70. The zero-order valence-electron chi connectivity index (χ0n) is 14.7. The quantitative estimate of drug-likeness (QED) is 0.728. The molecule has 134 valence electrons. The van der Waals surface area contributed by atoms with E-state index in [-0.39, 0.29) is 11.9 Å². The molecule has 1 aliphatic heterocycles. The summed E-state index contributed by atoms with van der Waals surface area (Å²) in [6.07, 6.45) is 0. The molecule has 0 radical (unpaired) electrons. The maximum atomic E-state index is 13.5. The third kappa shape index (κ3) is 2.85. The van der Waals surface area contributed by atoms with E-state index in [0.717, 1.165) is 28.9 Å². The molecule has 2 N–H and O–H groups in total. The highest BCUT2D eigenvalue weighted by atomic mass is 35.5. The van der Waals surface area contributed by atoms with Gasteiger partial charge in [-0.15, -0.1) is 0 Å². The Morgan fingerprint density at radius 2 is 2.12 bits per heavy atom. The minimum atomic E-state index is -0.110. The van der Waals surface area contributed by atoms with Crippen LogP contribution in [-0.4, -0.2) is 45.6 Å². The fraction of sp³-hybridized carbons (Fsp3) is 0.316. The first kappa shape index (κ1) is 17.0. The number of pyridine rings is 1. The van der Waals surface area contributed by atoms with Crippen molar-refractivity contribution in [3.8, 4) is 0 Å². The molecule has 1 saturated heterocycles. The second-order valence-corrected chi connectivity index (χ2v) is 7.01. The number of nitrogens with one attached hydrogen (secondary N) is 2. The van der Waals surface area contributed by atoms with Gasteiger partial charge in [-0.2, -0.15) is 5.10 Å². The van der Waals surface area contributed by atoms with E-state index in [0.29, 0.717) is 29.3 Å². The Labute approximate surface area is 156 Å². The first-order valence-corrected chi connectivity index (χ1v) is 9.02. The van der Waals surface area contributed by atoms with Gasteiger partial charge in [0.1, 0.15) is 0 Å². The lowest BCUT2D eigenvalue weighted by atomic mass is 10.0. The van der Waals surface area contributed by atoms with Gasteiger partial charge < -0.3 is 10.2 Å². The summed E-state index contributed by atoms with van der Waals surface area (Å²) in [5.74, 6) is -0.0172. The molecule has 1 fully saturated rings. The van der Waals surface area contributed by atoms with Gasteiger partial charge in [-0.05, 0) is 31.5 Å². The molecule has 1 atom stereocenters. The fourth-order valence-electron chi connectivity index (χ4n) is 3.59. The molecular formula is C19H20ClN5O. The van der Waals surface area contributed by atoms with E-state index >= 15 is 0 Å². The summed E-state index contributed by atoms with van der Waals surface area (Å²) in [7, 11) is 0. The van der Waals surface area contributed by atoms with Crippen molar-refractivity contribution in [1.82, 2.24) is 25.4 Å². The highest BCUT2D eigenvalue weighted by molar-refractivity contribution is 6.31. The van der Waals surface area contributed by atoms with E-state index in [1.54, 1.807) is 0 Å². The highest BCUT2D eigenvalue weighted by Gasteiger charge is 2.31. The van der Waals surface area contributed by atoms with Gasteiger partial charge in [-0.3, -0.25) is 9.89 Å². The van der Waals surface area contributed by atoms with E-state index in [2.05, 4.69) is 20.5 Å². The molecule has 0 aliphatic carbocycles. The number of aromatic amines is 1. The maximum Gasteiger partial charge on any atom is 0.255 e. The number of fused-ring (bicyclic) bond motifs is 1. The van der Waals surface area contributed by atoms with Gasteiger partial charge in [0, 0.05) is 36.0 Å². The number of carbonyl (C=O) groups excluding carboxylic acids is 1. The number of nitrogens with zero attached hydrogens (tertiary/aromatic N) is 3. The van der Waals surface area contributed by atoms with Crippen molar-refractivity contribution < 1.29 is 4.79 Å². The Kier molecular flexibility index (Phi) is 4.38. The number of piperazine rings is 1. The molecule has 1 amide bonds. The zero-order valence-corrected chi connectivity index (χ0v) is 15.5. The Balaban J connectivity index is 1.79. The number of halogens is 1. The van der Waals surface area contributed by atoms with Crippen LogP contribution in [0.2, 0.25) is 5.02 Å². The summed E-state index contributed by atoms with van der Waals surface area (Å²) in [5, 5.41) is 12.0. The lowest BCUT2D eigenvalue weighted by Gasteiger charge is -2.37.